The molecule has 0 aromatic heterocycles. The molecule has 0 spiro atoms. The zero-order valence-electron chi connectivity index (χ0n) is 16.1. The summed E-state index contributed by atoms with van der Waals surface area (Å²) in [5.74, 6) is -0.209. The summed E-state index contributed by atoms with van der Waals surface area (Å²) in [5, 5.41) is 0. The number of carbonyl (C=O) groups excluding carboxylic acids is 1. The Morgan fingerprint density at radius 2 is 1.58 bits per heavy atom. The Balaban J connectivity index is 2.45. The lowest BCUT2D eigenvalue weighted by Crippen LogP contribution is -2.30. The number of carbonyl (C=O) groups is 1. The number of rotatable bonds is 5. The van der Waals surface area contributed by atoms with E-state index in [0.717, 1.165) is 11.1 Å². The third-order valence-electron chi connectivity index (χ3n) is 4.81. The third-order valence-corrected chi connectivity index (χ3v) is 6.75. The lowest BCUT2D eigenvalue weighted by atomic mass is 10.0. The van der Waals surface area contributed by atoms with Gasteiger partial charge in [0.05, 0.1) is 10.9 Å². The lowest BCUT2D eigenvalue weighted by Gasteiger charge is -2.26. The normalized spacial score (nSPS) is 12.9. The molecule has 6 heteroatoms. The second-order valence-corrected chi connectivity index (χ2v) is 8.83. The molecule has 0 aliphatic heterocycles. The number of hydrogen-bond acceptors (Lipinski definition) is 3. The first-order valence-electron chi connectivity index (χ1n) is 8.43. The second kappa shape index (κ2) is 7.60. The first-order valence-corrected chi connectivity index (χ1v) is 9.87. The van der Waals surface area contributed by atoms with Gasteiger partial charge in [0, 0.05) is 26.7 Å². The minimum atomic E-state index is -3.62. The van der Waals surface area contributed by atoms with Gasteiger partial charge in [0.2, 0.25) is 10.0 Å². The van der Waals surface area contributed by atoms with Crippen LogP contribution in [0.1, 0.15) is 40.0 Å². The van der Waals surface area contributed by atoms with Crippen molar-refractivity contribution in [1.29, 1.82) is 0 Å². The van der Waals surface area contributed by atoms with Crippen LogP contribution in [0.25, 0.3) is 0 Å². The molecule has 0 saturated carbocycles. The maximum atomic E-state index is 13.0. The van der Waals surface area contributed by atoms with Crippen molar-refractivity contribution in [1.82, 2.24) is 9.21 Å². The number of sulfonamides is 1. The molecule has 1 unspecified atom stereocenters. The molecule has 0 heterocycles. The molecule has 26 heavy (non-hydrogen) atoms. The van der Waals surface area contributed by atoms with Gasteiger partial charge in [-0.05, 0) is 49.6 Å². The van der Waals surface area contributed by atoms with Crippen molar-refractivity contribution < 1.29 is 13.2 Å². The van der Waals surface area contributed by atoms with Crippen molar-refractivity contribution in [2.45, 2.75) is 31.7 Å². The van der Waals surface area contributed by atoms with Crippen molar-refractivity contribution in [2.24, 2.45) is 0 Å². The molecule has 0 saturated heterocycles. The van der Waals surface area contributed by atoms with Crippen LogP contribution in [0.5, 0.6) is 0 Å². The number of nitrogens with zero attached hydrogens (tertiary/aromatic N) is 2. The van der Waals surface area contributed by atoms with Crippen LogP contribution in [0.3, 0.4) is 0 Å². The molecule has 0 bridgehead atoms. The van der Waals surface area contributed by atoms with Crippen LogP contribution >= 0.6 is 0 Å². The van der Waals surface area contributed by atoms with Crippen molar-refractivity contribution in [2.75, 3.05) is 21.1 Å². The molecule has 1 amide bonds. The average molecular weight is 375 g/mol. The van der Waals surface area contributed by atoms with Gasteiger partial charge in [0.1, 0.15) is 0 Å². The highest BCUT2D eigenvalue weighted by Gasteiger charge is 2.25. The monoisotopic (exact) mass is 374 g/mol. The zero-order chi connectivity index (χ0) is 19.6. The summed E-state index contributed by atoms with van der Waals surface area (Å²) in [4.78, 5) is 14.8. The fraction of sp³-hybridized carbons (Fsp3) is 0.350. The highest BCUT2D eigenvalue weighted by Crippen LogP contribution is 2.26. The van der Waals surface area contributed by atoms with Crippen molar-refractivity contribution in [3.63, 3.8) is 0 Å². The SMILES string of the molecule is Cc1cc(C(=O)N(C)C(C)c2ccccc2)cc(S(=O)(=O)N(C)C)c1C. The Labute approximate surface area is 156 Å². The van der Waals surface area contributed by atoms with Gasteiger partial charge in [0.15, 0.2) is 0 Å². The van der Waals surface area contributed by atoms with Gasteiger partial charge >= 0.3 is 0 Å². The predicted molar refractivity (Wildman–Crippen MR) is 104 cm³/mol. The van der Waals surface area contributed by atoms with Crippen LogP contribution in [0.2, 0.25) is 0 Å². The van der Waals surface area contributed by atoms with E-state index in [0.29, 0.717) is 11.1 Å². The van der Waals surface area contributed by atoms with E-state index in [-0.39, 0.29) is 16.8 Å². The van der Waals surface area contributed by atoms with Crippen LogP contribution in [0, 0.1) is 13.8 Å². The molecule has 0 fully saturated rings. The van der Waals surface area contributed by atoms with Gasteiger partial charge < -0.3 is 4.90 Å². The number of benzene rings is 2. The summed E-state index contributed by atoms with van der Waals surface area (Å²) in [7, 11) is 1.09. The fourth-order valence-electron chi connectivity index (χ4n) is 2.75. The molecule has 2 aromatic carbocycles. The van der Waals surface area contributed by atoms with Crippen LogP contribution in [-0.4, -0.2) is 44.7 Å². The molecule has 0 aliphatic rings. The highest BCUT2D eigenvalue weighted by molar-refractivity contribution is 7.89. The van der Waals surface area contributed by atoms with E-state index >= 15 is 0 Å². The molecule has 1 atom stereocenters. The summed E-state index contributed by atoms with van der Waals surface area (Å²) in [5.41, 5.74) is 2.83. The van der Waals surface area contributed by atoms with Gasteiger partial charge in [-0.3, -0.25) is 4.79 Å². The molecule has 5 nitrogen and oxygen atoms in total. The Kier molecular flexibility index (Phi) is 5.88. The quantitative estimate of drug-likeness (QED) is 0.806. The van der Waals surface area contributed by atoms with Gasteiger partial charge in [-0.15, -0.1) is 0 Å². The molecule has 0 N–H and O–H groups in total. The number of aryl methyl sites for hydroxylation is 1. The first-order chi connectivity index (χ1) is 12.1. The van der Waals surface area contributed by atoms with Crippen LogP contribution in [0.4, 0.5) is 0 Å². The molecule has 2 rings (SSSR count). The minimum Gasteiger partial charge on any atom is -0.335 e. The molecule has 0 radical (unpaired) electrons. The Morgan fingerprint density at radius 1 is 1.00 bits per heavy atom. The van der Waals surface area contributed by atoms with Crippen molar-refractivity contribution in [3.8, 4) is 0 Å². The molecular weight excluding hydrogens is 348 g/mol. The summed E-state index contributed by atoms with van der Waals surface area (Å²) in [6.07, 6.45) is 0. The average Bonchev–Trinajstić information content (AvgIpc) is 2.62. The zero-order valence-corrected chi connectivity index (χ0v) is 17.0. The number of hydrogen-bond donors (Lipinski definition) is 0. The Hall–Kier alpha value is -2.18. The largest absolute Gasteiger partial charge is 0.335 e. The minimum absolute atomic E-state index is 0.126. The molecule has 140 valence electrons. The molecular formula is C20H26N2O3S. The van der Waals surface area contributed by atoms with E-state index in [1.807, 2.05) is 44.2 Å². The summed E-state index contributed by atoms with van der Waals surface area (Å²) < 4.78 is 26.4. The Morgan fingerprint density at radius 3 is 2.12 bits per heavy atom. The van der Waals surface area contributed by atoms with E-state index in [9.17, 15) is 13.2 Å². The van der Waals surface area contributed by atoms with Gasteiger partial charge in [-0.1, -0.05) is 30.3 Å². The van der Waals surface area contributed by atoms with E-state index in [2.05, 4.69) is 0 Å². The second-order valence-electron chi connectivity index (χ2n) is 6.71. The van der Waals surface area contributed by atoms with Gasteiger partial charge in [-0.25, -0.2) is 12.7 Å². The van der Waals surface area contributed by atoms with Crippen LogP contribution in [0.15, 0.2) is 47.4 Å². The molecule has 2 aromatic rings. The summed E-state index contributed by atoms with van der Waals surface area (Å²) in [6.45, 7) is 5.53. The van der Waals surface area contributed by atoms with Crippen LogP contribution < -0.4 is 0 Å². The Bertz CT molecular complexity index is 906. The smallest absolute Gasteiger partial charge is 0.254 e. The number of amides is 1. The maximum Gasteiger partial charge on any atom is 0.254 e. The van der Waals surface area contributed by atoms with E-state index in [4.69, 9.17) is 0 Å². The van der Waals surface area contributed by atoms with Crippen molar-refractivity contribution in [3.05, 3.63) is 64.7 Å². The predicted octanol–water partition coefficient (Wildman–Crippen LogP) is 3.39. The topological polar surface area (TPSA) is 57.7 Å². The lowest BCUT2D eigenvalue weighted by molar-refractivity contribution is 0.0742. The summed E-state index contributed by atoms with van der Waals surface area (Å²) in [6, 6.07) is 12.8. The van der Waals surface area contributed by atoms with E-state index in [1.165, 1.54) is 24.5 Å². The van der Waals surface area contributed by atoms with Crippen LogP contribution in [-0.2, 0) is 10.0 Å². The fourth-order valence-corrected chi connectivity index (χ4v) is 3.97. The maximum absolute atomic E-state index is 13.0. The third kappa shape index (κ3) is 3.81. The van der Waals surface area contributed by atoms with E-state index < -0.39 is 10.0 Å². The highest BCUT2D eigenvalue weighted by atomic mass is 32.2. The molecule has 0 aliphatic carbocycles. The van der Waals surface area contributed by atoms with E-state index in [1.54, 1.807) is 24.9 Å². The summed E-state index contributed by atoms with van der Waals surface area (Å²) >= 11 is 0. The van der Waals surface area contributed by atoms with Gasteiger partial charge in [-0.2, -0.15) is 0 Å². The van der Waals surface area contributed by atoms with Gasteiger partial charge in [0.25, 0.3) is 5.91 Å². The standard InChI is InChI=1S/C20H26N2O3S/c1-14-12-18(13-19(15(14)2)26(24,25)21(4)5)20(23)22(6)16(3)17-10-8-7-9-11-17/h7-13,16H,1-6H3. The van der Waals surface area contributed by atoms with Crippen molar-refractivity contribution >= 4 is 15.9 Å². The first kappa shape index (κ1) is 20.1.